The van der Waals surface area contributed by atoms with Crippen LogP contribution in [0, 0.1) is 0 Å². The minimum atomic E-state index is -0.169. The van der Waals surface area contributed by atoms with Crippen molar-refractivity contribution in [3.8, 4) is 0 Å². The molecule has 1 heterocycles. The molecule has 3 rings (SSSR count). The number of nitrogens with zero attached hydrogens (tertiary/aromatic N) is 2. The summed E-state index contributed by atoms with van der Waals surface area (Å²) in [6, 6.07) is 12.9. The molecule has 0 unspecified atom stereocenters. The molecular weight excluding hydrogens is 348 g/mol. The molecular formula is C19H20N4O2S. The van der Waals surface area contributed by atoms with Crippen molar-refractivity contribution < 1.29 is 9.59 Å². The number of hydrogen-bond donors (Lipinski definition) is 2. The quantitative estimate of drug-likeness (QED) is 0.715. The molecule has 0 aliphatic rings. The fraction of sp³-hybridized carbons (Fsp3) is 0.211. The highest BCUT2D eigenvalue weighted by molar-refractivity contribution is 7.22. The molecule has 2 N–H and O–H groups in total. The Morgan fingerprint density at radius 2 is 1.92 bits per heavy atom. The van der Waals surface area contributed by atoms with Crippen LogP contribution in [-0.2, 0) is 4.79 Å². The third kappa shape index (κ3) is 4.00. The SMILES string of the molecule is CCC(=O)Nc1nc2ccc(NC(=O)c3cccc(N(C)C)c3)cc2s1. The Bertz CT molecular complexity index is 965. The van der Waals surface area contributed by atoms with Gasteiger partial charge in [0.25, 0.3) is 5.91 Å². The first-order valence-corrected chi connectivity index (χ1v) is 9.07. The second-order valence-corrected chi connectivity index (χ2v) is 7.03. The van der Waals surface area contributed by atoms with Crippen LogP contribution in [0.2, 0.25) is 0 Å². The van der Waals surface area contributed by atoms with Crippen molar-refractivity contribution >= 4 is 49.9 Å². The van der Waals surface area contributed by atoms with Crippen molar-refractivity contribution in [3.05, 3.63) is 48.0 Å². The number of aromatic nitrogens is 1. The smallest absolute Gasteiger partial charge is 0.255 e. The molecule has 2 aromatic carbocycles. The maximum Gasteiger partial charge on any atom is 0.255 e. The van der Waals surface area contributed by atoms with Crippen LogP contribution in [0.25, 0.3) is 10.2 Å². The van der Waals surface area contributed by atoms with Gasteiger partial charge in [-0.25, -0.2) is 4.98 Å². The van der Waals surface area contributed by atoms with E-state index in [9.17, 15) is 9.59 Å². The van der Waals surface area contributed by atoms with E-state index in [0.717, 1.165) is 15.9 Å². The van der Waals surface area contributed by atoms with E-state index < -0.39 is 0 Å². The van der Waals surface area contributed by atoms with Gasteiger partial charge >= 0.3 is 0 Å². The van der Waals surface area contributed by atoms with Gasteiger partial charge in [-0.15, -0.1) is 0 Å². The van der Waals surface area contributed by atoms with Crippen LogP contribution in [0.1, 0.15) is 23.7 Å². The van der Waals surface area contributed by atoms with E-state index in [2.05, 4.69) is 15.6 Å². The highest BCUT2D eigenvalue weighted by Crippen LogP contribution is 2.28. The third-order valence-corrected chi connectivity index (χ3v) is 4.77. The average molecular weight is 368 g/mol. The monoisotopic (exact) mass is 368 g/mol. The zero-order valence-electron chi connectivity index (χ0n) is 14.9. The number of rotatable bonds is 5. The lowest BCUT2D eigenvalue weighted by molar-refractivity contribution is -0.115. The fourth-order valence-corrected chi connectivity index (χ4v) is 3.31. The predicted octanol–water partition coefficient (Wildman–Crippen LogP) is 3.96. The predicted molar refractivity (Wildman–Crippen MR) is 107 cm³/mol. The van der Waals surface area contributed by atoms with Crippen LogP contribution in [0.15, 0.2) is 42.5 Å². The standard InChI is InChI=1S/C19H20N4O2S/c1-4-17(24)22-19-21-15-9-8-13(11-16(15)26-19)20-18(25)12-6-5-7-14(10-12)23(2)3/h5-11H,4H2,1-3H3,(H,20,25)(H,21,22,24). The summed E-state index contributed by atoms with van der Waals surface area (Å²) in [5.74, 6) is -0.240. The van der Waals surface area contributed by atoms with Crippen LogP contribution < -0.4 is 15.5 Å². The first-order valence-electron chi connectivity index (χ1n) is 8.25. The van der Waals surface area contributed by atoms with Crippen LogP contribution >= 0.6 is 11.3 Å². The molecule has 0 saturated carbocycles. The van der Waals surface area contributed by atoms with Crippen molar-refractivity contribution in [1.29, 1.82) is 0 Å². The highest BCUT2D eigenvalue weighted by atomic mass is 32.1. The van der Waals surface area contributed by atoms with E-state index >= 15 is 0 Å². The van der Waals surface area contributed by atoms with Crippen molar-refractivity contribution in [2.75, 3.05) is 29.6 Å². The molecule has 0 spiro atoms. The second-order valence-electron chi connectivity index (χ2n) is 6.00. The van der Waals surface area contributed by atoms with Crippen molar-refractivity contribution in [2.24, 2.45) is 0 Å². The van der Waals surface area contributed by atoms with Gasteiger partial charge in [-0.05, 0) is 36.4 Å². The lowest BCUT2D eigenvalue weighted by Crippen LogP contribution is -2.14. The summed E-state index contributed by atoms with van der Waals surface area (Å²) in [6.07, 6.45) is 0.406. The Labute approximate surface area is 155 Å². The number of carbonyl (C=O) groups is 2. The minimum Gasteiger partial charge on any atom is -0.378 e. The van der Waals surface area contributed by atoms with Gasteiger partial charge in [-0.3, -0.25) is 9.59 Å². The summed E-state index contributed by atoms with van der Waals surface area (Å²) in [6.45, 7) is 1.79. The van der Waals surface area contributed by atoms with Crippen LogP contribution in [0.5, 0.6) is 0 Å². The summed E-state index contributed by atoms with van der Waals surface area (Å²) in [4.78, 5) is 30.3. The average Bonchev–Trinajstić information content (AvgIpc) is 3.03. The molecule has 0 aliphatic carbocycles. The minimum absolute atomic E-state index is 0.0710. The van der Waals surface area contributed by atoms with Gasteiger partial charge in [0.15, 0.2) is 5.13 Å². The number of anilines is 3. The van der Waals surface area contributed by atoms with Gasteiger partial charge in [0, 0.05) is 37.5 Å². The molecule has 0 bridgehead atoms. The molecule has 0 radical (unpaired) electrons. The number of nitrogens with one attached hydrogen (secondary N) is 2. The summed E-state index contributed by atoms with van der Waals surface area (Å²) in [5.41, 5.74) is 3.03. The summed E-state index contributed by atoms with van der Waals surface area (Å²) in [7, 11) is 3.87. The first-order chi connectivity index (χ1) is 12.5. The maximum atomic E-state index is 12.5. The normalized spacial score (nSPS) is 10.6. The molecule has 6 nitrogen and oxygen atoms in total. The number of fused-ring (bicyclic) bond motifs is 1. The Morgan fingerprint density at radius 1 is 1.12 bits per heavy atom. The van der Waals surface area contributed by atoms with Crippen molar-refractivity contribution in [3.63, 3.8) is 0 Å². The summed E-state index contributed by atoms with van der Waals surface area (Å²) < 4.78 is 0.899. The molecule has 3 aromatic rings. The Balaban J connectivity index is 1.79. The lowest BCUT2D eigenvalue weighted by atomic mass is 10.1. The van der Waals surface area contributed by atoms with E-state index in [1.165, 1.54) is 11.3 Å². The van der Waals surface area contributed by atoms with E-state index in [-0.39, 0.29) is 11.8 Å². The van der Waals surface area contributed by atoms with E-state index in [1.807, 2.05) is 49.3 Å². The Hall–Kier alpha value is -2.93. The van der Waals surface area contributed by atoms with Crippen LogP contribution in [-0.4, -0.2) is 30.9 Å². The fourth-order valence-electron chi connectivity index (χ4n) is 2.39. The summed E-state index contributed by atoms with van der Waals surface area (Å²) >= 11 is 1.38. The van der Waals surface area contributed by atoms with Crippen molar-refractivity contribution in [2.45, 2.75) is 13.3 Å². The topological polar surface area (TPSA) is 74.3 Å². The van der Waals surface area contributed by atoms with E-state index in [0.29, 0.717) is 22.8 Å². The second kappa shape index (κ2) is 7.53. The number of benzene rings is 2. The zero-order chi connectivity index (χ0) is 18.7. The van der Waals surface area contributed by atoms with Gasteiger partial charge < -0.3 is 15.5 Å². The maximum absolute atomic E-state index is 12.5. The summed E-state index contributed by atoms with van der Waals surface area (Å²) in [5, 5.41) is 6.24. The van der Waals surface area contributed by atoms with Crippen molar-refractivity contribution in [1.82, 2.24) is 4.98 Å². The largest absolute Gasteiger partial charge is 0.378 e. The van der Waals surface area contributed by atoms with E-state index in [4.69, 9.17) is 0 Å². The molecule has 0 atom stereocenters. The molecule has 0 fully saturated rings. The number of hydrogen-bond acceptors (Lipinski definition) is 5. The molecule has 7 heteroatoms. The number of amides is 2. The molecule has 26 heavy (non-hydrogen) atoms. The first kappa shape index (κ1) is 17.9. The van der Waals surface area contributed by atoms with E-state index in [1.54, 1.807) is 19.1 Å². The van der Waals surface area contributed by atoms with Crippen LogP contribution in [0.4, 0.5) is 16.5 Å². The molecule has 134 valence electrons. The number of carbonyl (C=O) groups excluding carboxylic acids is 2. The van der Waals surface area contributed by atoms with Crippen LogP contribution in [0.3, 0.4) is 0 Å². The van der Waals surface area contributed by atoms with Gasteiger partial charge in [0.2, 0.25) is 5.91 Å². The van der Waals surface area contributed by atoms with Gasteiger partial charge in [-0.2, -0.15) is 0 Å². The highest BCUT2D eigenvalue weighted by Gasteiger charge is 2.10. The molecule has 0 saturated heterocycles. The van der Waals surface area contributed by atoms with Gasteiger partial charge in [0.05, 0.1) is 10.2 Å². The third-order valence-electron chi connectivity index (χ3n) is 3.84. The molecule has 0 aliphatic heterocycles. The molecule has 2 amide bonds. The molecule has 1 aromatic heterocycles. The Morgan fingerprint density at radius 3 is 2.65 bits per heavy atom. The number of thiazole rings is 1. The Kier molecular flexibility index (Phi) is 5.18. The van der Waals surface area contributed by atoms with Gasteiger partial charge in [-0.1, -0.05) is 24.3 Å². The zero-order valence-corrected chi connectivity index (χ0v) is 15.7. The lowest BCUT2D eigenvalue weighted by Gasteiger charge is -2.13. The van der Waals surface area contributed by atoms with Gasteiger partial charge in [0.1, 0.15) is 0 Å².